The maximum atomic E-state index is 10.9. The van der Waals surface area contributed by atoms with Crippen LogP contribution in [0.3, 0.4) is 0 Å². The lowest BCUT2D eigenvalue weighted by Crippen LogP contribution is -2.34. The van der Waals surface area contributed by atoms with Crippen LogP contribution in [0.4, 0.5) is 23.0 Å². The van der Waals surface area contributed by atoms with E-state index in [0.29, 0.717) is 11.5 Å². The van der Waals surface area contributed by atoms with Crippen LogP contribution in [0.2, 0.25) is 0 Å². The van der Waals surface area contributed by atoms with E-state index < -0.39 is 5.97 Å². The number of rotatable bonds is 4. The van der Waals surface area contributed by atoms with Gasteiger partial charge >= 0.3 is 5.97 Å². The molecule has 2 aromatic rings. The van der Waals surface area contributed by atoms with Gasteiger partial charge in [-0.15, -0.1) is 0 Å². The number of nitrogens with one attached hydrogen (secondary N) is 1. The van der Waals surface area contributed by atoms with Crippen LogP contribution in [0.5, 0.6) is 0 Å². The molecule has 3 rings (SSSR count). The predicted molar refractivity (Wildman–Crippen MR) is 93.7 cm³/mol. The normalized spacial score (nSPS) is 15.3. The largest absolute Gasteiger partial charge is 0.478 e. The summed E-state index contributed by atoms with van der Waals surface area (Å²) in [4.78, 5) is 21.6. The van der Waals surface area contributed by atoms with Crippen LogP contribution >= 0.6 is 0 Å². The third-order valence-corrected chi connectivity index (χ3v) is 4.34. The van der Waals surface area contributed by atoms with E-state index >= 15 is 0 Å². The fourth-order valence-electron chi connectivity index (χ4n) is 2.79. The first-order valence-electron chi connectivity index (χ1n) is 8.00. The molecule has 4 N–H and O–H groups in total. The summed E-state index contributed by atoms with van der Waals surface area (Å²) >= 11 is 0. The number of nitrogen functional groups attached to an aromatic ring is 1. The lowest BCUT2D eigenvalue weighted by atomic mass is 9.99. The van der Waals surface area contributed by atoms with Crippen LogP contribution in [0.25, 0.3) is 0 Å². The van der Waals surface area contributed by atoms with Crippen molar-refractivity contribution in [3.63, 3.8) is 0 Å². The maximum Gasteiger partial charge on any atom is 0.335 e. The van der Waals surface area contributed by atoms with Crippen molar-refractivity contribution in [3.05, 3.63) is 36.2 Å². The van der Waals surface area contributed by atoms with Gasteiger partial charge in [0, 0.05) is 18.8 Å². The van der Waals surface area contributed by atoms with Crippen molar-refractivity contribution in [3.8, 4) is 0 Å². The SMILES string of the molecule is CC1CCN(c2ncnc(Nc3ccc(C(=O)O)cc3)c2N)CC1. The van der Waals surface area contributed by atoms with Gasteiger partial charge in [-0.25, -0.2) is 14.8 Å². The van der Waals surface area contributed by atoms with Gasteiger partial charge in [-0.05, 0) is 43.0 Å². The molecule has 0 unspecified atom stereocenters. The zero-order valence-corrected chi connectivity index (χ0v) is 13.6. The fourth-order valence-corrected chi connectivity index (χ4v) is 2.79. The molecule has 0 atom stereocenters. The average Bonchev–Trinajstić information content (AvgIpc) is 2.58. The standard InChI is InChI=1S/C17H21N5O2/c1-11-6-8-22(9-7-11)16-14(18)15(19-10-20-16)21-13-4-2-12(3-5-13)17(23)24/h2-5,10-11H,6-9,18H2,1H3,(H,23,24)(H,19,20,21). The second-order valence-corrected chi connectivity index (χ2v) is 6.14. The molecular weight excluding hydrogens is 306 g/mol. The molecule has 126 valence electrons. The number of aromatic carboxylic acids is 1. The minimum Gasteiger partial charge on any atom is -0.478 e. The molecule has 0 radical (unpaired) electrons. The van der Waals surface area contributed by atoms with Gasteiger partial charge in [0.25, 0.3) is 0 Å². The van der Waals surface area contributed by atoms with Crippen molar-refractivity contribution in [2.24, 2.45) is 5.92 Å². The molecule has 0 bridgehead atoms. The predicted octanol–water partition coefficient (Wildman–Crippen LogP) is 2.74. The molecule has 1 fully saturated rings. The Bertz CT molecular complexity index is 724. The van der Waals surface area contributed by atoms with E-state index in [1.54, 1.807) is 12.1 Å². The Hall–Kier alpha value is -2.83. The molecule has 1 aromatic carbocycles. The zero-order chi connectivity index (χ0) is 17.1. The van der Waals surface area contributed by atoms with Crippen LogP contribution in [0.1, 0.15) is 30.1 Å². The molecule has 7 nitrogen and oxygen atoms in total. The van der Waals surface area contributed by atoms with Crippen LogP contribution in [0, 0.1) is 5.92 Å². The molecule has 0 aliphatic carbocycles. The molecule has 24 heavy (non-hydrogen) atoms. The lowest BCUT2D eigenvalue weighted by molar-refractivity contribution is 0.0697. The number of nitrogens with zero attached hydrogens (tertiary/aromatic N) is 3. The van der Waals surface area contributed by atoms with E-state index in [-0.39, 0.29) is 5.56 Å². The van der Waals surface area contributed by atoms with Crippen LogP contribution in [-0.4, -0.2) is 34.1 Å². The number of carboxylic acids is 1. The van der Waals surface area contributed by atoms with Gasteiger partial charge < -0.3 is 21.1 Å². The number of hydrogen-bond acceptors (Lipinski definition) is 6. The number of hydrogen-bond donors (Lipinski definition) is 3. The Morgan fingerprint density at radius 3 is 2.54 bits per heavy atom. The zero-order valence-electron chi connectivity index (χ0n) is 13.6. The highest BCUT2D eigenvalue weighted by Gasteiger charge is 2.20. The van der Waals surface area contributed by atoms with Gasteiger partial charge in [0.15, 0.2) is 11.6 Å². The smallest absolute Gasteiger partial charge is 0.335 e. The molecule has 2 heterocycles. The summed E-state index contributed by atoms with van der Waals surface area (Å²) in [5.74, 6) is 1.06. The van der Waals surface area contributed by atoms with Crippen molar-refractivity contribution in [2.45, 2.75) is 19.8 Å². The number of carboxylic acid groups (broad SMARTS) is 1. The molecular formula is C17H21N5O2. The summed E-state index contributed by atoms with van der Waals surface area (Å²) in [5.41, 5.74) is 7.72. The van der Waals surface area contributed by atoms with Crippen molar-refractivity contribution >= 4 is 29.0 Å². The molecule has 1 aliphatic heterocycles. The van der Waals surface area contributed by atoms with Gasteiger partial charge in [0.2, 0.25) is 0 Å². The van der Waals surface area contributed by atoms with Crippen molar-refractivity contribution in [1.82, 2.24) is 9.97 Å². The second kappa shape index (κ2) is 6.74. The first-order chi connectivity index (χ1) is 11.5. The van der Waals surface area contributed by atoms with E-state index in [2.05, 4.69) is 27.1 Å². The minimum atomic E-state index is -0.954. The Morgan fingerprint density at radius 2 is 1.92 bits per heavy atom. The van der Waals surface area contributed by atoms with E-state index in [0.717, 1.165) is 43.4 Å². The lowest BCUT2D eigenvalue weighted by Gasteiger charge is -2.32. The summed E-state index contributed by atoms with van der Waals surface area (Å²) < 4.78 is 0. The average molecular weight is 327 g/mol. The summed E-state index contributed by atoms with van der Waals surface area (Å²) in [6.07, 6.45) is 3.75. The Kier molecular flexibility index (Phi) is 4.50. The monoisotopic (exact) mass is 327 g/mol. The van der Waals surface area contributed by atoms with Gasteiger partial charge in [0.05, 0.1) is 5.56 Å². The molecule has 1 saturated heterocycles. The van der Waals surface area contributed by atoms with Crippen molar-refractivity contribution in [2.75, 3.05) is 29.0 Å². The van der Waals surface area contributed by atoms with Gasteiger partial charge in [-0.2, -0.15) is 0 Å². The van der Waals surface area contributed by atoms with Crippen LogP contribution in [-0.2, 0) is 0 Å². The maximum absolute atomic E-state index is 10.9. The first-order valence-corrected chi connectivity index (χ1v) is 8.00. The first kappa shape index (κ1) is 16.0. The summed E-state index contributed by atoms with van der Waals surface area (Å²) in [6.45, 7) is 4.14. The number of benzene rings is 1. The summed E-state index contributed by atoms with van der Waals surface area (Å²) in [7, 11) is 0. The number of nitrogens with two attached hydrogens (primary N) is 1. The van der Waals surface area contributed by atoms with Gasteiger partial charge in [0.1, 0.15) is 12.0 Å². The van der Waals surface area contributed by atoms with E-state index in [1.165, 1.54) is 18.5 Å². The second-order valence-electron chi connectivity index (χ2n) is 6.14. The Morgan fingerprint density at radius 1 is 1.25 bits per heavy atom. The molecule has 0 spiro atoms. The highest BCUT2D eigenvalue weighted by atomic mass is 16.4. The molecule has 1 aromatic heterocycles. The van der Waals surface area contributed by atoms with Gasteiger partial charge in [-0.1, -0.05) is 6.92 Å². The number of carbonyl (C=O) groups is 1. The molecule has 0 saturated carbocycles. The molecule has 7 heteroatoms. The quantitative estimate of drug-likeness (QED) is 0.793. The Labute approximate surface area is 140 Å². The molecule has 1 aliphatic rings. The third kappa shape index (κ3) is 3.40. The number of anilines is 4. The third-order valence-electron chi connectivity index (χ3n) is 4.34. The van der Waals surface area contributed by atoms with E-state index in [1.807, 2.05) is 0 Å². The fraction of sp³-hybridized carbons (Fsp3) is 0.353. The van der Waals surface area contributed by atoms with E-state index in [4.69, 9.17) is 10.8 Å². The van der Waals surface area contributed by atoms with E-state index in [9.17, 15) is 4.79 Å². The Balaban J connectivity index is 1.79. The number of aromatic nitrogens is 2. The highest BCUT2D eigenvalue weighted by molar-refractivity contribution is 5.88. The number of piperidine rings is 1. The van der Waals surface area contributed by atoms with Crippen LogP contribution < -0.4 is 16.0 Å². The minimum absolute atomic E-state index is 0.235. The molecule has 0 amide bonds. The summed E-state index contributed by atoms with van der Waals surface area (Å²) in [5, 5.41) is 12.1. The van der Waals surface area contributed by atoms with Crippen LogP contribution in [0.15, 0.2) is 30.6 Å². The highest BCUT2D eigenvalue weighted by Crippen LogP contribution is 2.31. The van der Waals surface area contributed by atoms with Gasteiger partial charge in [-0.3, -0.25) is 0 Å². The van der Waals surface area contributed by atoms with Crippen molar-refractivity contribution in [1.29, 1.82) is 0 Å². The summed E-state index contributed by atoms with van der Waals surface area (Å²) in [6, 6.07) is 6.45. The van der Waals surface area contributed by atoms with Crippen molar-refractivity contribution < 1.29 is 9.90 Å². The topological polar surface area (TPSA) is 104 Å².